The average molecular weight is 310 g/mol. The van der Waals surface area contributed by atoms with E-state index in [4.69, 9.17) is 15.2 Å². The first-order valence-corrected chi connectivity index (χ1v) is 7.13. The molecule has 0 saturated heterocycles. The van der Waals surface area contributed by atoms with Gasteiger partial charge in [-0.25, -0.2) is 4.68 Å². The van der Waals surface area contributed by atoms with E-state index in [9.17, 15) is 0 Å². The maximum Gasteiger partial charge on any atom is 0.141 e. The monoisotopic (exact) mass is 310 g/mol. The quantitative estimate of drug-likeness (QED) is 0.750. The standard InChI is InChI=1S/C17H18N4O2/c1-11-8-13(22-2)5-6-14(11)16-10-21(20-19-16)12-4-7-17(23-3)15(18)9-12/h4-10H,18H2,1-3H3. The van der Waals surface area contributed by atoms with E-state index in [0.29, 0.717) is 11.4 Å². The Labute approximate surface area is 134 Å². The van der Waals surface area contributed by atoms with Gasteiger partial charge >= 0.3 is 0 Å². The van der Waals surface area contributed by atoms with E-state index in [1.165, 1.54) is 0 Å². The molecule has 0 radical (unpaired) electrons. The molecule has 2 aromatic carbocycles. The minimum absolute atomic E-state index is 0.558. The second-order valence-electron chi connectivity index (χ2n) is 5.16. The van der Waals surface area contributed by atoms with Crippen LogP contribution in [0.5, 0.6) is 11.5 Å². The SMILES string of the molecule is COc1ccc(-c2cn(-c3ccc(OC)c(N)c3)nn2)c(C)c1. The first-order valence-electron chi connectivity index (χ1n) is 7.13. The highest BCUT2D eigenvalue weighted by atomic mass is 16.5. The van der Waals surface area contributed by atoms with E-state index in [1.807, 2.05) is 43.5 Å². The molecular weight excluding hydrogens is 292 g/mol. The molecule has 0 saturated carbocycles. The van der Waals surface area contributed by atoms with Crippen molar-refractivity contribution in [1.82, 2.24) is 15.0 Å². The molecule has 6 heteroatoms. The smallest absolute Gasteiger partial charge is 0.141 e. The summed E-state index contributed by atoms with van der Waals surface area (Å²) in [4.78, 5) is 0. The third kappa shape index (κ3) is 2.83. The van der Waals surface area contributed by atoms with E-state index in [0.717, 1.165) is 28.3 Å². The molecule has 0 aliphatic heterocycles. The molecule has 2 N–H and O–H groups in total. The number of methoxy groups -OCH3 is 2. The molecule has 0 amide bonds. The van der Waals surface area contributed by atoms with Gasteiger partial charge in [0.2, 0.25) is 0 Å². The summed E-state index contributed by atoms with van der Waals surface area (Å²) < 4.78 is 12.1. The number of hydrogen-bond acceptors (Lipinski definition) is 5. The highest BCUT2D eigenvalue weighted by Gasteiger charge is 2.10. The summed E-state index contributed by atoms with van der Waals surface area (Å²) in [5.74, 6) is 1.46. The molecule has 3 aromatic rings. The van der Waals surface area contributed by atoms with E-state index in [-0.39, 0.29) is 0 Å². The lowest BCUT2D eigenvalue weighted by Crippen LogP contribution is -1.98. The number of benzene rings is 2. The van der Waals surface area contributed by atoms with Crippen LogP contribution in [-0.2, 0) is 0 Å². The lowest BCUT2D eigenvalue weighted by Gasteiger charge is -2.06. The fraction of sp³-hybridized carbons (Fsp3) is 0.176. The van der Waals surface area contributed by atoms with Gasteiger partial charge in [-0.2, -0.15) is 0 Å². The Morgan fingerprint density at radius 1 is 1.04 bits per heavy atom. The van der Waals surface area contributed by atoms with Crippen molar-refractivity contribution in [1.29, 1.82) is 0 Å². The van der Waals surface area contributed by atoms with Crippen LogP contribution in [0.2, 0.25) is 0 Å². The van der Waals surface area contributed by atoms with E-state index in [2.05, 4.69) is 10.3 Å². The zero-order valence-electron chi connectivity index (χ0n) is 13.3. The number of aryl methyl sites for hydroxylation is 1. The summed E-state index contributed by atoms with van der Waals surface area (Å²) in [5.41, 5.74) is 10.2. The first kappa shape index (κ1) is 14.9. The fourth-order valence-corrected chi connectivity index (χ4v) is 2.43. The Morgan fingerprint density at radius 3 is 2.52 bits per heavy atom. The van der Waals surface area contributed by atoms with Crippen molar-refractivity contribution in [2.24, 2.45) is 0 Å². The molecule has 0 aliphatic rings. The maximum atomic E-state index is 5.94. The number of anilines is 1. The van der Waals surface area contributed by atoms with Gasteiger partial charge in [0.15, 0.2) is 0 Å². The average Bonchev–Trinajstić information content (AvgIpc) is 3.04. The molecule has 0 spiro atoms. The van der Waals surface area contributed by atoms with E-state index < -0.39 is 0 Å². The molecular formula is C17H18N4O2. The van der Waals surface area contributed by atoms with Gasteiger partial charge in [-0.05, 0) is 48.9 Å². The third-order valence-electron chi connectivity index (χ3n) is 3.68. The molecule has 6 nitrogen and oxygen atoms in total. The van der Waals surface area contributed by atoms with Crippen LogP contribution in [0.4, 0.5) is 5.69 Å². The van der Waals surface area contributed by atoms with Crippen molar-refractivity contribution >= 4 is 5.69 Å². The Kier molecular flexibility index (Phi) is 3.89. The highest BCUT2D eigenvalue weighted by molar-refractivity contribution is 5.64. The van der Waals surface area contributed by atoms with Crippen LogP contribution < -0.4 is 15.2 Å². The Balaban J connectivity index is 1.96. The summed E-state index contributed by atoms with van der Waals surface area (Å²) in [7, 11) is 3.24. The van der Waals surface area contributed by atoms with Crippen LogP contribution >= 0.6 is 0 Å². The summed E-state index contributed by atoms with van der Waals surface area (Å²) in [6.07, 6.45) is 1.87. The number of ether oxygens (including phenoxy) is 2. The normalized spacial score (nSPS) is 10.6. The Bertz CT molecular complexity index is 842. The molecule has 118 valence electrons. The van der Waals surface area contributed by atoms with Crippen LogP contribution in [0.15, 0.2) is 42.6 Å². The molecule has 0 atom stereocenters. The van der Waals surface area contributed by atoms with Crippen LogP contribution in [0.1, 0.15) is 5.56 Å². The van der Waals surface area contributed by atoms with Gasteiger partial charge in [0.05, 0.1) is 31.8 Å². The lowest BCUT2D eigenvalue weighted by molar-refractivity contribution is 0.414. The van der Waals surface area contributed by atoms with Crippen molar-refractivity contribution < 1.29 is 9.47 Å². The molecule has 0 fully saturated rings. The van der Waals surface area contributed by atoms with Gasteiger partial charge in [0, 0.05) is 5.56 Å². The summed E-state index contributed by atoms with van der Waals surface area (Å²) in [5, 5.41) is 8.43. The number of nitrogens with zero attached hydrogens (tertiary/aromatic N) is 3. The van der Waals surface area contributed by atoms with Crippen molar-refractivity contribution in [3.63, 3.8) is 0 Å². The van der Waals surface area contributed by atoms with Crippen molar-refractivity contribution in [2.45, 2.75) is 6.92 Å². The Hall–Kier alpha value is -3.02. The minimum Gasteiger partial charge on any atom is -0.497 e. The summed E-state index contributed by atoms with van der Waals surface area (Å²) in [6, 6.07) is 11.4. The second kappa shape index (κ2) is 6.00. The van der Waals surface area contributed by atoms with E-state index >= 15 is 0 Å². The highest BCUT2D eigenvalue weighted by Crippen LogP contribution is 2.27. The van der Waals surface area contributed by atoms with Crippen LogP contribution in [0.3, 0.4) is 0 Å². The van der Waals surface area contributed by atoms with Crippen LogP contribution in [0.25, 0.3) is 16.9 Å². The largest absolute Gasteiger partial charge is 0.497 e. The predicted molar refractivity (Wildman–Crippen MR) is 89.0 cm³/mol. The van der Waals surface area contributed by atoms with Gasteiger partial charge in [-0.15, -0.1) is 5.10 Å². The number of aromatic nitrogens is 3. The molecule has 0 aliphatic carbocycles. The molecule has 0 unspecified atom stereocenters. The van der Waals surface area contributed by atoms with Gasteiger partial charge in [-0.3, -0.25) is 0 Å². The summed E-state index contributed by atoms with van der Waals surface area (Å²) in [6.45, 7) is 2.02. The number of hydrogen-bond donors (Lipinski definition) is 1. The van der Waals surface area contributed by atoms with E-state index in [1.54, 1.807) is 25.0 Å². The van der Waals surface area contributed by atoms with Crippen molar-refractivity contribution in [2.75, 3.05) is 20.0 Å². The van der Waals surface area contributed by atoms with Gasteiger partial charge < -0.3 is 15.2 Å². The topological polar surface area (TPSA) is 75.2 Å². The Morgan fingerprint density at radius 2 is 1.87 bits per heavy atom. The third-order valence-corrected chi connectivity index (χ3v) is 3.68. The fourth-order valence-electron chi connectivity index (χ4n) is 2.43. The number of nitrogens with two attached hydrogens (primary N) is 1. The zero-order chi connectivity index (χ0) is 16.4. The second-order valence-corrected chi connectivity index (χ2v) is 5.16. The lowest BCUT2D eigenvalue weighted by atomic mass is 10.1. The molecule has 23 heavy (non-hydrogen) atoms. The van der Waals surface area contributed by atoms with Crippen LogP contribution in [-0.4, -0.2) is 29.2 Å². The van der Waals surface area contributed by atoms with Gasteiger partial charge in [-0.1, -0.05) is 5.21 Å². The molecule has 3 rings (SSSR count). The molecule has 0 bridgehead atoms. The molecule has 1 heterocycles. The number of nitrogen functional groups attached to an aromatic ring is 1. The van der Waals surface area contributed by atoms with Gasteiger partial charge in [0.25, 0.3) is 0 Å². The maximum absolute atomic E-state index is 5.94. The predicted octanol–water partition coefficient (Wildman–Crippen LogP) is 2.84. The van der Waals surface area contributed by atoms with Gasteiger partial charge in [0.1, 0.15) is 17.2 Å². The van der Waals surface area contributed by atoms with Crippen LogP contribution in [0, 0.1) is 6.92 Å². The minimum atomic E-state index is 0.558. The van der Waals surface area contributed by atoms with Crippen molar-refractivity contribution in [3.8, 4) is 28.4 Å². The molecule has 1 aromatic heterocycles. The number of rotatable bonds is 4. The van der Waals surface area contributed by atoms with Crippen molar-refractivity contribution in [3.05, 3.63) is 48.2 Å². The first-order chi connectivity index (χ1) is 11.1. The zero-order valence-corrected chi connectivity index (χ0v) is 13.3. The summed E-state index contributed by atoms with van der Waals surface area (Å²) >= 11 is 0.